The quantitative estimate of drug-likeness (QED) is 0.280. The number of nitrogens with one attached hydrogen (secondary N) is 1. The van der Waals surface area contributed by atoms with Crippen LogP contribution in [0.4, 0.5) is 0 Å². The summed E-state index contributed by atoms with van der Waals surface area (Å²) in [6.07, 6.45) is 0.514. The Bertz CT molecular complexity index is 196. The lowest BCUT2D eigenvalue weighted by Gasteiger charge is -2.02. The minimum atomic E-state index is -1.57. The zero-order valence-electron chi connectivity index (χ0n) is 6.02. The van der Waals surface area contributed by atoms with Gasteiger partial charge in [-0.1, -0.05) is 0 Å². The van der Waals surface area contributed by atoms with Crippen molar-refractivity contribution in [3.63, 3.8) is 0 Å². The zero-order valence-corrected chi connectivity index (χ0v) is 6.84. The largest absolute Gasteiger partial charge is 0.474 e. The number of aliphatic carboxylic acids is 1. The molecule has 0 aliphatic rings. The second kappa shape index (κ2) is 5.56. The number of carboxylic acids is 1. The topological polar surface area (TPSA) is 109 Å². The van der Waals surface area contributed by atoms with Gasteiger partial charge >= 0.3 is 11.9 Å². The van der Waals surface area contributed by atoms with Crippen molar-refractivity contribution in [3.05, 3.63) is 0 Å². The number of aldehydes is 1. The molecule has 0 aliphatic carbocycles. The Morgan fingerprint density at radius 1 is 1.67 bits per heavy atom. The van der Waals surface area contributed by atoms with Gasteiger partial charge in [-0.15, -0.1) is 0 Å². The van der Waals surface area contributed by atoms with Crippen LogP contribution in [0.2, 0.25) is 0 Å². The Morgan fingerprint density at radius 3 is 2.67 bits per heavy atom. The van der Waals surface area contributed by atoms with Gasteiger partial charge in [0.25, 0.3) is 0 Å². The third-order valence-corrected chi connectivity index (χ3v) is 1.69. The monoisotopic (exact) mass is 192 g/mol. The average molecular weight is 192 g/mol. The molecular weight excluding hydrogens is 184 g/mol. The lowest BCUT2D eigenvalue weighted by Crippen LogP contribution is -2.30. The molecule has 0 saturated carbocycles. The van der Waals surface area contributed by atoms with Crippen LogP contribution in [0.15, 0.2) is 0 Å². The molecule has 0 aromatic heterocycles. The van der Waals surface area contributed by atoms with Gasteiger partial charge in [-0.25, -0.2) is 4.79 Å². The van der Waals surface area contributed by atoms with Crippen molar-refractivity contribution in [1.29, 1.82) is 0 Å². The molecule has 4 N–H and O–H groups in total. The van der Waals surface area contributed by atoms with Gasteiger partial charge in [0.2, 0.25) is 0 Å². The van der Waals surface area contributed by atoms with Crippen molar-refractivity contribution in [2.75, 3.05) is 5.75 Å². The van der Waals surface area contributed by atoms with Gasteiger partial charge in [0, 0.05) is 5.75 Å². The van der Waals surface area contributed by atoms with Crippen molar-refractivity contribution in [2.24, 2.45) is 5.73 Å². The van der Waals surface area contributed by atoms with Crippen LogP contribution in [0.25, 0.3) is 0 Å². The molecule has 0 unspecified atom stereocenters. The van der Waals surface area contributed by atoms with Crippen LogP contribution in [-0.4, -0.2) is 35.1 Å². The molecule has 0 radical (unpaired) electrons. The van der Waals surface area contributed by atoms with E-state index in [1.165, 1.54) is 0 Å². The summed E-state index contributed by atoms with van der Waals surface area (Å²) in [6.45, 7) is 0. The fourth-order valence-electron chi connectivity index (χ4n) is 0.286. The van der Waals surface area contributed by atoms with Crippen LogP contribution in [0.5, 0.6) is 0 Å². The number of rotatable bonds is 4. The molecule has 0 fully saturated rings. The van der Waals surface area contributed by atoms with Crippen molar-refractivity contribution in [2.45, 2.75) is 6.04 Å². The molecule has 0 heterocycles. The molecule has 0 aliphatic heterocycles. The molecule has 7 heteroatoms. The molecule has 0 bridgehead atoms. The highest BCUT2D eigenvalue weighted by atomic mass is 32.2. The Kier molecular flexibility index (Phi) is 5.06. The number of hydrogen-bond donors (Lipinski definition) is 3. The number of carbonyl (C=O) groups is 3. The van der Waals surface area contributed by atoms with E-state index in [0.29, 0.717) is 6.29 Å². The summed E-state index contributed by atoms with van der Waals surface area (Å²) in [7, 11) is 0. The fraction of sp³-hybridized carbons (Fsp3) is 0.400. The summed E-state index contributed by atoms with van der Waals surface area (Å²) in [5, 5.41) is 8.08. The first-order valence-electron chi connectivity index (χ1n) is 2.94. The van der Waals surface area contributed by atoms with Crippen LogP contribution in [-0.2, 0) is 14.4 Å². The van der Waals surface area contributed by atoms with Crippen LogP contribution in [0.3, 0.4) is 0 Å². The minimum Gasteiger partial charge on any atom is -0.474 e. The number of amides is 1. The van der Waals surface area contributed by atoms with Crippen molar-refractivity contribution < 1.29 is 19.5 Å². The molecule has 6 nitrogen and oxygen atoms in total. The first-order chi connectivity index (χ1) is 5.57. The summed E-state index contributed by atoms with van der Waals surface area (Å²) in [5.41, 5.74) is 5.15. The van der Waals surface area contributed by atoms with Gasteiger partial charge in [0.1, 0.15) is 6.29 Å². The van der Waals surface area contributed by atoms with E-state index >= 15 is 0 Å². The molecule has 12 heavy (non-hydrogen) atoms. The summed E-state index contributed by atoms with van der Waals surface area (Å²) in [4.78, 5) is 30.2. The second-order valence-electron chi connectivity index (χ2n) is 1.85. The van der Waals surface area contributed by atoms with Crippen LogP contribution in [0.1, 0.15) is 0 Å². The molecule has 1 amide bonds. The SMILES string of the molecule is N[C@H](C=O)CSNC(=O)C(=O)O. The van der Waals surface area contributed by atoms with E-state index in [1.54, 1.807) is 0 Å². The Balaban J connectivity index is 3.50. The second-order valence-corrected chi connectivity index (χ2v) is 2.67. The smallest absolute Gasteiger partial charge is 0.395 e. The van der Waals surface area contributed by atoms with E-state index in [9.17, 15) is 14.4 Å². The highest BCUT2D eigenvalue weighted by molar-refractivity contribution is 7.98. The zero-order chi connectivity index (χ0) is 9.56. The van der Waals surface area contributed by atoms with Crippen LogP contribution >= 0.6 is 11.9 Å². The van der Waals surface area contributed by atoms with Crippen molar-refractivity contribution in [3.8, 4) is 0 Å². The molecule has 0 aromatic carbocycles. The third kappa shape index (κ3) is 4.69. The lowest BCUT2D eigenvalue weighted by molar-refractivity contribution is -0.149. The molecule has 1 atom stereocenters. The Labute approximate surface area is 72.6 Å². The molecule has 0 spiro atoms. The average Bonchev–Trinajstić information content (AvgIpc) is 2.03. The van der Waals surface area contributed by atoms with Gasteiger partial charge in [-0.2, -0.15) is 0 Å². The van der Waals surface area contributed by atoms with E-state index in [1.807, 2.05) is 4.72 Å². The maximum Gasteiger partial charge on any atom is 0.395 e. The van der Waals surface area contributed by atoms with Gasteiger partial charge < -0.3 is 15.6 Å². The molecule has 0 saturated heterocycles. The maximum atomic E-state index is 10.4. The molecule has 0 aromatic rings. The molecular formula is C5H8N2O4S. The van der Waals surface area contributed by atoms with Crippen LogP contribution in [0, 0.1) is 0 Å². The van der Waals surface area contributed by atoms with E-state index in [-0.39, 0.29) is 5.75 Å². The summed E-state index contributed by atoms with van der Waals surface area (Å²) >= 11 is 0.786. The van der Waals surface area contributed by atoms with Gasteiger partial charge in [0.15, 0.2) is 0 Å². The Hall–Kier alpha value is -1.08. The minimum absolute atomic E-state index is 0.155. The van der Waals surface area contributed by atoms with Gasteiger partial charge in [-0.05, 0) is 11.9 Å². The summed E-state index contributed by atoms with van der Waals surface area (Å²) in [5.74, 6) is -2.54. The van der Waals surface area contributed by atoms with Gasteiger partial charge in [0.05, 0.1) is 6.04 Å². The number of hydrogen-bond acceptors (Lipinski definition) is 5. The number of carbonyl (C=O) groups excluding carboxylic acids is 2. The predicted molar refractivity (Wildman–Crippen MR) is 42.3 cm³/mol. The summed E-state index contributed by atoms with van der Waals surface area (Å²) in [6, 6.07) is -0.691. The third-order valence-electron chi connectivity index (χ3n) is 0.810. The lowest BCUT2D eigenvalue weighted by atomic mass is 10.4. The molecule has 0 rings (SSSR count). The van der Waals surface area contributed by atoms with Crippen molar-refractivity contribution >= 4 is 30.1 Å². The van der Waals surface area contributed by atoms with E-state index in [4.69, 9.17) is 10.8 Å². The first-order valence-corrected chi connectivity index (χ1v) is 3.92. The fourth-order valence-corrected chi connectivity index (χ4v) is 0.859. The highest BCUT2D eigenvalue weighted by Gasteiger charge is 2.10. The van der Waals surface area contributed by atoms with E-state index in [0.717, 1.165) is 11.9 Å². The molecule has 68 valence electrons. The predicted octanol–water partition coefficient (Wildman–Crippen LogP) is -1.64. The maximum absolute atomic E-state index is 10.4. The number of carboxylic acid groups (broad SMARTS) is 1. The van der Waals surface area contributed by atoms with E-state index < -0.39 is 17.9 Å². The summed E-state index contributed by atoms with van der Waals surface area (Å²) < 4.78 is 1.99. The highest BCUT2D eigenvalue weighted by Crippen LogP contribution is 1.93. The standard InChI is InChI=1S/C5H8N2O4S/c6-3(1-8)2-12-7-4(9)5(10)11/h1,3H,2,6H2,(H,7,9)(H,10,11)/t3-/m1/s1. The Morgan fingerprint density at radius 2 is 2.25 bits per heavy atom. The van der Waals surface area contributed by atoms with Crippen LogP contribution < -0.4 is 10.5 Å². The van der Waals surface area contributed by atoms with Gasteiger partial charge in [-0.3, -0.25) is 9.52 Å². The normalized spacial score (nSPS) is 11.8. The van der Waals surface area contributed by atoms with E-state index in [2.05, 4.69) is 0 Å². The van der Waals surface area contributed by atoms with Crippen molar-refractivity contribution in [1.82, 2.24) is 4.72 Å². The number of nitrogens with two attached hydrogens (primary N) is 1. The first kappa shape index (κ1) is 10.9.